The standard InChI is InChI=1S/C27H34N6O4/c1-31-12-14-32(15-13-31)27(35)18-4-7-20(8-5-18)29-26(34)21-17-25-28-11-10-22(33(25)30-21)19-6-9-23(36-2)24(16-19)37-3/h6,9-11,16-18,20H,4-5,7-8,12-15H2,1-3H3,(H,29,34). The number of aromatic nitrogens is 3. The van der Waals surface area contributed by atoms with Gasteiger partial charge < -0.3 is 24.6 Å². The molecular weight excluding hydrogens is 472 g/mol. The average molecular weight is 507 g/mol. The van der Waals surface area contributed by atoms with Crippen LogP contribution in [0.1, 0.15) is 36.2 Å². The number of hydrogen-bond donors (Lipinski definition) is 1. The lowest BCUT2D eigenvalue weighted by atomic mass is 9.85. The smallest absolute Gasteiger partial charge is 0.272 e. The van der Waals surface area contributed by atoms with Gasteiger partial charge in [-0.05, 0) is 57.0 Å². The lowest BCUT2D eigenvalue weighted by Crippen LogP contribution is -2.50. The molecular formula is C27H34N6O4. The van der Waals surface area contributed by atoms with Crippen LogP contribution in [0.2, 0.25) is 0 Å². The first kappa shape index (κ1) is 25.0. The molecule has 1 saturated carbocycles. The van der Waals surface area contributed by atoms with Crippen LogP contribution in [0.5, 0.6) is 11.5 Å². The zero-order valence-corrected chi connectivity index (χ0v) is 21.6. The van der Waals surface area contributed by atoms with Gasteiger partial charge in [0.15, 0.2) is 22.8 Å². The van der Waals surface area contributed by atoms with Crippen molar-refractivity contribution in [2.45, 2.75) is 31.7 Å². The summed E-state index contributed by atoms with van der Waals surface area (Å²) in [6.07, 6.45) is 4.87. The first-order valence-electron chi connectivity index (χ1n) is 12.8. The molecule has 37 heavy (non-hydrogen) atoms. The highest BCUT2D eigenvalue weighted by Gasteiger charge is 2.31. The minimum atomic E-state index is -0.224. The Balaban J connectivity index is 1.24. The van der Waals surface area contributed by atoms with E-state index in [1.54, 1.807) is 31.0 Å². The minimum Gasteiger partial charge on any atom is -0.493 e. The zero-order chi connectivity index (χ0) is 25.9. The monoisotopic (exact) mass is 506 g/mol. The number of hydrogen-bond acceptors (Lipinski definition) is 7. The van der Waals surface area contributed by atoms with Crippen LogP contribution in [0.25, 0.3) is 16.9 Å². The molecule has 0 atom stereocenters. The van der Waals surface area contributed by atoms with Gasteiger partial charge in [-0.25, -0.2) is 9.50 Å². The summed E-state index contributed by atoms with van der Waals surface area (Å²) in [4.78, 5) is 34.6. The van der Waals surface area contributed by atoms with Crippen LogP contribution in [0, 0.1) is 5.92 Å². The highest BCUT2D eigenvalue weighted by atomic mass is 16.5. The molecule has 1 N–H and O–H groups in total. The van der Waals surface area contributed by atoms with Crippen LogP contribution < -0.4 is 14.8 Å². The number of carbonyl (C=O) groups is 2. The van der Waals surface area contributed by atoms with E-state index in [0.29, 0.717) is 22.8 Å². The fourth-order valence-corrected chi connectivity index (χ4v) is 5.25. The van der Waals surface area contributed by atoms with Gasteiger partial charge in [0.2, 0.25) is 5.91 Å². The number of methoxy groups -OCH3 is 2. The van der Waals surface area contributed by atoms with Crippen molar-refractivity contribution >= 4 is 17.5 Å². The van der Waals surface area contributed by atoms with Gasteiger partial charge in [0.25, 0.3) is 5.91 Å². The lowest BCUT2D eigenvalue weighted by Gasteiger charge is -2.36. The normalized spacial score (nSPS) is 20.6. The molecule has 2 aromatic heterocycles. The largest absolute Gasteiger partial charge is 0.493 e. The van der Waals surface area contributed by atoms with Gasteiger partial charge in [-0.1, -0.05) is 0 Å². The Morgan fingerprint density at radius 2 is 1.68 bits per heavy atom. The van der Waals surface area contributed by atoms with E-state index in [1.165, 1.54) is 0 Å². The molecule has 196 valence electrons. The maximum absolute atomic E-state index is 13.1. The molecule has 1 aliphatic heterocycles. The van der Waals surface area contributed by atoms with Crippen molar-refractivity contribution in [1.82, 2.24) is 29.7 Å². The third kappa shape index (κ3) is 5.24. The van der Waals surface area contributed by atoms with E-state index < -0.39 is 0 Å². The summed E-state index contributed by atoms with van der Waals surface area (Å²) < 4.78 is 12.4. The van der Waals surface area contributed by atoms with E-state index in [1.807, 2.05) is 29.2 Å². The van der Waals surface area contributed by atoms with Crippen molar-refractivity contribution in [1.29, 1.82) is 0 Å². The van der Waals surface area contributed by atoms with E-state index in [4.69, 9.17) is 9.47 Å². The molecule has 3 aromatic rings. The van der Waals surface area contributed by atoms with E-state index >= 15 is 0 Å². The summed E-state index contributed by atoms with van der Waals surface area (Å²) in [6.45, 7) is 3.47. The first-order valence-corrected chi connectivity index (χ1v) is 12.8. The Kier molecular flexibility index (Phi) is 7.27. The van der Waals surface area contributed by atoms with Crippen LogP contribution in [0.4, 0.5) is 0 Å². The quantitative estimate of drug-likeness (QED) is 0.548. The van der Waals surface area contributed by atoms with Crippen molar-refractivity contribution in [2.75, 3.05) is 47.4 Å². The molecule has 5 rings (SSSR count). The van der Waals surface area contributed by atoms with Gasteiger partial charge in [-0.3, -0.25) is 9.59 Å². The van der Waals surface area contributed by atoms with E-state index in [0.717, 1.165) is 63.1 Å². The first-order chi connectivity index (χ1) is 18.0. The highest BCUT2D eigenvalue weighted by Crippen LogP contribution is 2.32. The molecule has 2 amide bonds. The molecule has 2 fully saturated rings. The van der Waals surface area contributed by atoms with Gasteiger partial charge in [-0.2, -0.15) is 5.10 Å². The summed E-state index contributed by atoms with van der Waals surface area (Å²) in [7, 11) is 5.28. The van der Waals surface area contributed by atoms with Gasteiger partial charge in [0.1, 0.15) is 0 Å². The number of rotatable bonds is 6. The van der Waals surface area contributed by atoms with Gasteiger partial charge >= 0.3 is 0 Å². The molecule has 1 saturated heterocycles. The van der Waals surface area contributed by atoms with Crippen molar-refractivity contribution in [2.24, 2.45) is 5.92 Å². The number of carbonyl (C=O) groups excluding carboxylic acids is 2. The van der Waals surface area contributed by atoms with E-state index in [2.05, 4.69) is 27.3 Å². The number of ether oxygens (including phenoxy) is 2. The zero-order valence-electron chi connectivity index (χ0n) is 21.6. The fraction of sp³-hybridized carbons (Fsp3) is 0.481. The SMILES string of the molecule is COc1ccc(-c2ccnc3cc(C(=O)NC4CCC(C(=O)N5CCN(C)CC5)CC4)nn23)cc1OC. The third-order valence-corrected chi connectivity index (χ3v) is 7.50. The van der Waals surface area contributed by atoms with Crippen LogP contribution in [0.15, 0.2) is 36.5 Å². The minimum absolute atomic E-state index is 0.0344. The molecule has 0 spiro atoms. The second kappa shape index (κ2) is 10.8. The molecule has 1 aliphatic carbocycles. The molecule has 1 aromatic carbocycles. The summed E-state index contributed by atoms with van der Waals surface area (Å²) in [5.74, 6) is 1.35. The molecule has 10 nitrogen and oxygen atoms in total. The van der Waals surface area contributed by atoms with Crippen LogP contribution in [0.3, 0.4) is 0 Å². The Labute approximate surface area is 216 Å². The second-order valence-corrected chi connectivity index (χ2v) is 9.85. The van der Waals surface area contributed by atoms with E-state index in [9.17, 15) is 9.59 Å². The number of benzene rings is 1. The molecule has 0 radical (unpaired) electrons. The topological polar surface area (TPSA) is 101 Å². The lowest BCUT2D eigenvalue weighted by molar-refractivity contribution is -0.138. The molecule has 10 heteroatoms. The number of likely N-dealkylation sites (N-methyl/N-ethyl adjacent to an activating group) is 1. The van der Waals surface area contributed by atoms with Gasteiger partial charge in [0.05, 0.1) is 19.9 Å². The average Bonchev–Trinajstić information content (AvgIpc) is 3.38. The molecule has 0 unspecified atom stereocenters. The fourth-order valence-electron chi connectivity index (χ4n) is 5.25. The van der Waals surface area contributed by atoms with Crippen molar-refractivity contribution in [3.8, 4) is 22.8 Å². The third-order valence-electron chi connectivity index (χ3n) is 7.50. The maximum Gasteiger partial charge on any atom is 0.272 e. The van der Waals surface area contributed by atoms with Crippen molar-refractivity contribution in [3.05, 3.63) is 42.2 Å². The maximum atomic E-state index is 13.1. The van der Waals surface area contributed by atoms with Gasteiger partial charge in [0, 0.05) is 56.0 Å². The number of piperazine rings is 1. The molecule has 3 heterocycles. The summed E-state index contributed by atoms with van der Waals surface area (Å²) in [5.41, 5.74) is 2.55. The summed E-state index contributed by atoms with van der Waals surface area (Å²) >= 11 is 0. The predicted octanol–water partition coefficient (Wildman–Crippen LogP) is 2.48. The Bertz CT molecular complexity index is 1280. The van der Waals surface area contributed by atoms with Gasteiger partial charge in [-0.15, -0.1) is 0 Å². The Morgan fingerprint density at radius 3 is 2.38 bits per heavy atom. The van der Waals surface area contributed by atoms with Crippen molar-refractivity contribution < 1.29 is 19.1 Å². The second-order valence-electron chi connectivity index (χ2n) is 9.85. The molecule has 0 bridgehead atoms. The van der Waals surface area contributed by atoms with Crippen molar-refractivity contribution in [3.63, 3.8) is 0 Å². The Hall–Kier alpha value is -3.66. The van der Waals surface area contributed by atoms with E-state index in [-0.39, 0.29) is 23.8 Å². The number of fused-ring (bicyclic) bond motifs is 1. The summed E-state index contributed by atoms with van der Waals surface area (Å²) in [5, 5.41) is 7.69. The summed E-state index contributed by atoms with van der Waals surface area (Å²) in [6, 6.07) is 9.20. The highest BCUT2D eigenvalue weighted by molar-refractivity contribution is 5.93. The number of amides is 2. The number of nitrogens with zero attached hydrogens (tertiary/aromatic N) is 5. The predicted molar refractivity (Wildman–Crippen MR) is 139 cm³/mol. The molecule has 2 aliphatic rings. The van der Waals surface area contributed by atoms with Crippen LogP contribution in [-0.2, 0) is 4.79 Å². The Morgan fingerprint density at radius 1 is 0.946 bits per heavy atom. The van der Waals surface area contributed by atoms with Crippen LogP contribution >= 0.6 is 0 Å². The number of nitrogens with one attached hydrogen (secondary N) is 1. The van der Waals surface area contributed by atoms with Crippen LogP contribution in [-0.4, -0.2) is 89.7 Å².